The number of urea groups is 1. The van der Waals surface area contributed by atoms with Gasteiger partial charge in [-0.1, -0.05) is 19.1 Å². The molecule has 1 heterocycles. The lowest BCUT2D eigenvalue weighted by Gasteiger charge is -2.37. The number of para-hydroxylation sites is 2. The second-order valence-corrected chi connectivity index (χ2v) is 6.25. The van der Waals surface area contributed by atoms with Gasteiger partial charge in [-0.15, -0.1) is 0 Å². The third-order valence-corrected chi connectivity index (χ3v) is 4.02. The molecule has 7 heteroatoms. The number of likely N-dealkylation sites (N-methyl/N-ethyl adjacent to an activating group) is 2. The van der Waals surface area contributed by atoms with E-state index < -0.39 is 6.03 Å². The summed E-state index contributed by atoms with van der Waals surface area (Å²) in [6.07, 6.45) is 0.803. The lowest BCUT2D eigenvalue weighted by molar-refractivity contribution is -0.121. The highest BCUT2D eigenvalue weighted by Crippen LogP contribution is 2.32. The molecule has 1 aromatic rings. The van der Waals surface area contributed by atoms with Crippen molar-refractivity contribution in [1.29, 1.82) is 0 Å². The third kappa shape index (κ3) is 5.63. The van der Waals surface area contributed by atoms with E-state index in [4.69, 9.17) is 4.74 Å². The lowest BCUT2D eigenvalue weighted by Crippen LogP contribution is -2.48. The van der Waals surface area contributed by atoms with Crippen LogP contribution in [0.2, 0.25) is 0 Å². The van der Waals surface area contributed by atoms with Gasteiger partial charge >= 0.3 is 6.03 Å². The first kappa shape index (κ1) is 19.1. The normalized spacial score (nSPS) is 16.2. The third-order valence-electron chi connectivity index (χ3n) is 4.02. The van der Waals surface area contributed by atoms with Crippen LogP contribution in [0.15, 0.2) is 24.3 Å². The van der Waals surface area contributed by atoms with Gasteiger partial charge in [-0.05, 0) is 32.5 Å². The number of fused-ring (bicyclic) bond motifs is 1. The van der Waals surface area contributed by atoms with E-state index in [1.54, 1.807) is 0 Å². The van der Waals surface area contributed by atoms with Crippen LogP contribution in [-0.4, -0.2) is 62.7 Å². The Bertz CT molecular complexity index is 593. The number of nitrogens with one attached hydrogen (secondary N) is 2. The van der Waals surface area contributed by atoms with Crippen LogP contribution in [0, 0.1) is 0 Å². The van der Waals surface area contributed by atoms with Crippen molar-refractivity contribution in [3.8, 4) is 5.75 Å². The minimum atomic E-state index is -0.444. The Morgan fingerprint density at radius 3 is 2.80 bits per heavy atom. The maximum absolute atomic E-state index is 11.9. The first-order valence-corrected chi connectivity index (χ1v) is 8.80. The molecule has 0 aromatic heterocycles. The molecule has 7 nitrogen and oxygen atoms in total. The molecule has 1 aliphatic heterocycles. The Kier molecular flexibility index (Phi) is 7.06. The zero-order chi connectivity index (χ0) is 18.2. The Labute approximate surface area is 149 Å². The molecule has 0 aliphatic carbocycles. The summed E-state index contributed by atoms with van der Waals surface area (Å²) in [5.41, 5.74) is 1.11. The molecule has 3 amide bonds. The summed E-state index contributed by atoms with van der Waals surface area (Å²) >= 11 is 0. The van der Waals surface area contributed by atoms with E-state index in [1.807, 2.05) is 37.1 Å². The van der Waals surface area contributed by atoms with Crippen molar-refractivity contribution in [2.24, 2.45) is 0 Å². The van der Waals surface area contributed by atoms with Gasteiger partial charge in [-0.3, -0.25) is 15.0 Å². The van der Waals surface area contributed by atoms with E-state index in [9.17, 15) is 9.59 Å². The fourth-order valence-electron chi connectivity index (χ4n) is 2.88. The van der Waals surface area contributed by atoms with Crippen LogP contribution in [0.5, 0.6) is 5.75 Å². The minimum Gasteiger partial charge on any atom is -0.485 e. The Hall–Kier alpha value is -2.28. The van der Waals surface area contributed by atoms with Crippen LogP contribution in [0.4, 0.5) is 10.5 Å². The molecule has 25 heavy (non-hydrogen) atoms. The van der Waals surface area contributed by atoms with Crippen LogP contribution < -0.4 is 20.3 Å². The summed E-state index contributed by atoms with van der Waals surface area (Å²) in [5, 5.41) is 4.96. The molecule has 1 aromatic carbocycles. The van der Waals surface area contributed by atoms with Crippen LogP contribution in [0.1, 0.15) is 20.3 Å². The number of rotatable bonds is 7. The van der Waals surface area contributed by atoms with Crippen molar-refractivity contribution in [1.82, 2.24) is 15.5 Å². The fourth-order valence-corrected chi connectivity index (χ4v) is 2.88. The van der Waals surface area contributed by atoms with Gasteiger partial charge < -0.3 is 15.0 Å². The highest BCUT2D eigenvalue weighted by Gasteiger charge is 2.25. The van der Waals surface area contributed by atoms with Gasteiger partial charge in [-0.25, -0.2) is 4.79 Å². The number of benzene rings is 1. The van der Waals surface area contributed by atoms with E-state index in [2.05, 4.69) is 28.5 Å². The van der Waals surface area contributed by atoms with Crippen LogP contribution >= 0.6 is 0 Å². The fraction of sp³-hybridized carbons (Fsp3) is 0.556. The molecule has 0 saturated carbocycles. The van der Waals surface area contributed by atoms with Gasteiger partial charge in [0.2, 0.25) is 5.91 Å². The molecule has 0 fully saturated rings. The Balaban J connectivity index is 1.83. The summed E-state index contributed by atoms with van der Waals surface area (Å²) in [7, 11) is 1.85. The summed E-state index contributed by atoms with van der Waals surface area (Å²) in [6, 6.07) is 7.54. The topological polar surface area (TPSA) is 73.9 Å². The molecule has 0 unspecified atom stereocenters. The summed E-state index contributed by atoms with van der Waals surface area (Å²) in [5.74, 6) is 0.553. The molecule has 138 valence electrons. The van der Waals surface area contributed by atoms with Crippen molar-refractivity contribution in [3.05, 3.63) is 24.3 Å². The summed E-state index contributed by atoms with van der Waals surface area (Å²) in [6.45, 7) is 7.05. The highest BCUT2D eigenvalue weighted by atomic mass is 16.5. The predicted molar refractivity (Wildman–Crippen MR) is 98.1 cm³/mol. The van der Waals surface area contributed by atoms with Crippen molar-refractivity contribution >= 4 is 17.6 Å². The maximum Gasteiger partial charge on any atom is 0.321 e. The SMILES string of the molecule is CCCNC(=O)NC(=O)CN(C)C[C@@H]1CN(CC)c2ccccc2O1. The molecule has 2 rings (SSSR count). The number of carbonyl (C=O) groups excluding carboxylic acids is 2. The number of anilines is 1. The van der Waals surface area contributed by atoms with E-state index in [-0.39, 0.29) is 18.6 Å². The van der Waals surface area contributed by atoms with Crippen LogP contribution in [0.3, 0.4) is 0 Å². The summed E-state index contributed by atoms with van der Waals surface area (Å²) in [4.78, 5) is 27.6. The number of hydrogen-bond acceptors (Lipinski definition) is 5. The maximum atomic E-state index is 11.9. The molecule has 2 N–H and O–H groups in total. The largest absolute Gasteiger partial charge is 0.485 e. The van der Waals surface area contributed by atoms with Gasteiger partial charge in [0.25, 0.3) is 0 Å². The van der Waals surface area contributed by atoms with E-state index in [0.29, 0.717) is 13.1 Å². The standard InChI is InChI=1S/C18H28N4O3/c1-4-10-19-18(24)20-17(23)13-21(3)11-14-12-22(5-2)15-8-6-7-9-16(15)25-14/h6-9,14H,4-5,10-13H2,1-3H3,(H2,19,20,23,24)/t14-/m1/s1. The second kappa shape index (κ2) is 9.27. The van der Waals surface area contributed by atoms with E-state index >= 15 is 0 Å². The smallest absolute Gasteiger partial charge is 0.321 e. The second-order valence-electron chi connectivity index (χ2n) is 6.25. The average Bonchev–Trinajstić information content (AvgIpc) is 2.58. The minimum absolute atomic E-state index is 0.0263. The zero-order valence-electron chi connectivity index (χ0n) is 15.2. The molecule has 0 radical (unpaired) electrons. The average molecular weight is 348 g/mol. The highest BCUT2D eigenvalue weighted by molar-refractivity contribution is 5.95. The molecular formula is C18H28N4O3. The van der Waals surface area contributed by atoms with E-state index in [1.165, 1.54) is 0 Å². The number of ether oxygens (including phenoxy) is 1. The number of imide groups is 1. The van der Waals surface area contributed by atoms with Crippen LogP contribution in [-0.2, 0) is 4.79 Å². The first-order chi connectivity index (χ1) is 12.0. The number of nitrogens with zero attached hydrogens (tertiary/aromatic N) is 2. The van der Waals surface area contributed by atoms with Crippen LogP contribution in [0.25, 0.3) is 0 Å². The monoisotopic (exact) mass is 348 g/mol. The Morgan fingerprint density at radius 2 is 2.08 bits per heavy atom. The zero-order valence-corrected chi connectivity index (χ0v) is 15.2. The molecule has 0 spiro atoms. The number of amides is 3. The van der Waals surface area contributed by atoms with E-state index in [0.717, 1.165) is 30.9 Å². The molecule has 0 bridgehead atoms. The number of carbonyl (C=O) groups is 2. The van der Waals surface area contributed by atoms with Crippen molar-refractivity contribution in [3.63, 3.8) is 0 Å². The van der Waals surface area contributed by atoms with Crippen molar-refractivity contribution < 1.29 is 14.3 Å². The molecule has 1 atom stereocenters. The Morgan fingerprint density at radius 1 is 1.32 bits per heavy atom. The van der Waals surface area contributed by atoms with Gasteiger partial charge in [-0.2, -0.15) is 0 Å². The predicted octanol–water partition coefficient (Wildman–Crippen LogP) is 1.44. The van der Waals surface area contributed by atoms with Gasteiger partial charge in [0.15, 0.2) is 0 Å². The van der Waals surface area contributed by atoms with Gasteiger partial charge in [0, 0.05) is 19.6 Å². The molecular weight excluding hydrogens is 320 g/mol. The molecule has 0 saturated heterocycles. The molecule has 1 aliphatic rings. The lowest BCUT2D eigenvalue weighted by atomic mass is 10.2. The number of hydrogen-bond donors (Lipinski definition) is 2. The first-order valence-electron chi connectivity index (χ1n) is 8.80. The van der Waals surface area contributed by atoms with Gasteiger partial charge in [0.05, 0.1) is 18.8 Å². The quantitative estimate of drug-likeness (QED) is 0.780. The van der Waals surface area contributed by atoms with Crippen molar-refractivity contribution in [2.75, 3.05) is 44.7 Å². The van der Waals surface area contributed by atoms with Crippen molar-refractivity contribution in [2.45, 2.75) is 26.4 Å². The van der Waals surface area contributed by atoms with Gasteiger partial charge in [0.1, 0.15) is 11.9 Å². The summed E-state index contributed by atoms with van der Waals surface area (Å²) < 4.78 is 6.06.